The lowest BCUT2D eigenvalue weighted by molar-refractivity contribution is 0.482. The zero-order valence-electron chi connectivity index (χ0n) is 8.77. The minimum Gasteiger partial charge on any atom is -0.446 e. The summed E-state index contributed by atoms with van der Waals surface area (Å²) < 4.78 is 7.44. The lowest BCUT2D eigenvalue weighted by Crippen LogP contribution is -2.23. The largest absolute Gasteiger partial charge is 0.446 e. The van der Waals surface area contributed by atoms with E-state index in [1.54, 1.807) is 12.6 Å². The van der Waals surface area contributed by atoms with Gasteiger partial charge >= 0.3 is 0 Å². The zero-order chi connectivity index (χ0) is 10.4. The summed E-state index contributed by atoms with van der Waals surface area (Å²) in [6, 6.07) is 2.26. The predicted molar refractivity (Wildman–Crippen MR) is 57.0 cm³/mol. The summed E-state index contributed by atoms with van der Waals surface area (Å²) in [5, 5.41) is 3.46. The number of nitrogens with one attached hydrogen (secondary N) is 1. The standard InChI is InChI=1S/C11H13N3O/c1-7(2)10-9-5-12-6-14(9)11-8(13-10)3-4-15-11/h3-7,10,13H,1-2H3/t10-/m0/s1. The van der Waals surface area contributed by atoms with Gasteiger partial charge in [0.25, 0.3) is 0 Å². The zero-order valence-corrected chi connectivity index (χ0v) is 8.77. The van der Waals surface area contributed by atoms with Crippen LogP contribution in [0.4, 0.5) is 5.69 Å². The topological polar surface area (TPSA) is 43.0 Å². The Morgan fingerprint density at radius 2 is 2.40 bits per heavy atom. The Hall–Kier alpha value is -1.71. The molecule has 0 unspecified atom stereocenters. The van der Waals surface area contributed by atoms with E-state index < -0.39 is 0 Å². The molecule has 3 heterocycles. The maximum absolute atomic E-state index is 5.43. The van der Waals surface area contributed by atoms with Gasteiger partial charge in [0, 0.05) is 6.07 Å². The molecule has 4 heteroatoms. The minimum atomic E-state index is 0.303. The van der Waals surface area contributed by atoms with E-state index in [2.05, 4.69) is 24.1 Å². The molecule has 2 aromatic rings. The fraction of sp³-hybridized carbons (Fsp3) is 0.364. The van der Waals surface area contributed by atoms with Crippen molar-refractivity contribution in [2.75, 3.05) is 5.32 Å². The normalized spacial score (nSPS) is 18.5. The molecule has 1 aliphatic heterocycles. The maximum Gasteiger partial charge on any atom is 0.228 e. The van der Waals surface area contributed by atoms with Gasteiger partial charge in [-0.1, -0.05) is 13.8 Å². The molecule has 0 bridgehead atoms. The molecule has 0 aliphatic carbocycles. The molecule has 0 saturated heterocycles. The number of nitrogens with zero attached hydrogens (tertiary/aromatic N) is 2. The number of anilines is 1. The second-order valence-electron chi connectivity index (χ2n) is 4.19. The monoisotopic (exact) mass is 203 g/mol. The van der Waals surface area contributed by atoms with Gasteiger partial charge in [-0.05, 0) is 5.92 Å². The second-order valence-corrected chi connectivity index (χ2v) is 4.19. The summed E-state index contributed by atoms with van der Waals surface area (Å²) >= 11 is 0. The molecule has 4 nitrogen and oxygen atoms in total. The highest BCUT2D eigenvalue weighted by Gasteiger charge is 2.28. The highest BCUT2D eigenvalue weighted by Crippen LogP contribution is 2.36. The number of hydrogen-bond donors (Lipinski definition) is 1. The first-order valence-electron chi connectivity index (χ1n) is 5.14. The molecule has 0 saturated carbocycles. The number of aromatic nitrogens is 2. The van der Waals surface area contributed by atoms with Crippen LogP contribution in [0.25, 0.3) is 5.88 Å². The van der Waals surface area contributed by atoms with E-state index in [1.807, 2.05) is 16.8 Å². The first kappa shape index (κ1) is 8.59. The van der Waals surface area contributed by atoms with Gasteiger partial charge < -0.3 is 9.73 Å². The predicted octanol–water partition coefficient (Wildman–Crippen LogP) is 2.59. The minimum absolute atomic E-state index is 0.303. The van der Waals surface area contributed by atoms with Crippen LogP contribution in [0.1, 0.15) is 25.6 Å². The highest BCUT2D eigenvalue weighted by atomic mass is 16.3. The van der Waals surface area contributed by atoms with E-state index in [4.69, 9.17) is 4.42 Å². The van der Waals surface area contributed by atoms with Crippen molar-refractivity contribution in [1.29, 1.82) is 0 Å². The summed E-state index contributed by atoms with van der Waals surface area (Å²) in [5.74, 6) is 1.35. The van der Waals surface area contributed by atoms with E-state index in [0.717, 1.165) is 17.3 Å². The second kappa shape index (κ2) is 2.89. The molecule has 15 heavy (non-hydrogen) atoms. The van der Waals surface area contributed by atoms with Gasteiger partial charge in [-0.15, -0.1) is 0 Å². The van der Waals surface area contributed by atoms with Crippen molar-refractivity contribution in [3.63, 3.8) is 0 Å². The SMILES string of the molecule is CC(C)[C@@H]1Nc2ccoc2-n2cncc21. The van der Waals surface area contributed by atoms with Crippen LogP contribution in [0.5, 0.6) is 0 Å². The molecule has 1 N–H and O–H groups in total. The molecule has 3 rings (SSSR count). The van der Waals surface area contributed by atoms with Crippen LogP contribution in [-0.2, 0) is 0 Å². The summed E-state index contributed by atoms with van der Waals surface area (Å²) in [6.45, 7) is 4.39. The average Bonchev–Trinajstić information content (AvgIpc) is 2.83. The van der Waals surface area contributed by atoms with Crippen molar-refractivity contribution in [3.8, 4) is 5.88 Å². The van der Waals surface area contributed by atoms with Gasteiger partial charge in [0.15, 0.2) is 0 Å². The molecule has 1 atom stereocenters. The Morgan fingerprint density at radius 3 is 3.20 bits per heavy atom. The smallest absolute Gasteiger partial charge is 0.228 e. The van der Waals surface area contributed by atoms with Crippen molar-refractivity contribution in [2.24, 2.45) is 5.92 Å². The van der Waals surface area contributed by atoms with Crippen LogP contribution in [0.2, 0.25) is 0 Å². The van der Waals surface area contributed by atoms with Gasteiger partial charge in [-0.25, -0.2) is 4.98 Å². The van der Waals surface area contributed by atoms with Gasteiger partial charge in [0.05, 0.1) is 29.9 Å². The molecule has 0 amide bonds. The lowest BCUT2D eigenvalue weighted by atomic mass is 10.00. The number of rotatable bonds is 1. The number of imidazole rings is 1. The van der Waals surface area contributed by atoms with E-state index in [0.29, 0.717) is 12.0 Å². The molecule has 78 valence electrons. The first-order chi connectivity index (χ1) is 7.27. The average molecular weight is 203 g/mol. The van der Waals surface area contributed by atoms with Crippen LogP contribution in [0.15, 0.2) is 29.3 Å². The number of fused-ring (bicyclic) bond motifs is 3. The summed E-state index contributed by atoms with van der Waals surface area (Å²) in [4.78, 5) is 4.18. The van der Waals surface area contributed by atoms with Gasteiger partial charge in [0.2, 0.25) is 5.88 Å². The van der Waals surface area contributed by atoms with Gasteiger partial charge in [-0.2, -0.15) is 0 Å². The quantitative estimate of drug-likeness (QED) is 0.774. The molecule has 0 radical (unpaired) electrons. The Morgan fingerprint density at radius 1 is 1.53 bits per heavy atom. The Kier molecular flexibility index (Phi) is 1.65. The highest BCUT2D eigenvalue weighted by molar-refractivity contribution is 5.60. The fourth-order valence-corrected chi connectivity index (χ4v) is 2.05. The Bertz CT molecular complexity index is 483. The van der Waals surface area contributed by atoms with Crippen LogP contribution >= 0.6 is 0 Å². The molecular formula is C11H13N3O. The summed E-state index contributed by atoms with van der Waals surface area (Å²) in [7, 11) is 0. The first-order valence-corrected chi connectivity index (χ1v) is 5.14. The van der Waals surface area contributed by atoms with Crippen molar-refractivity contribution in [3.05, 3.63) is 30.5 Å². The molecule has 1 aliphatic rings. The van der Waals surface area contributed by atoms with Gasteiger partial charge in [-0.3, -0.25) is 4.57 Å². The third-order valence-corrected chi connectivity index (χ3v) is 2.83. The van der Waals surface area contributed by atoms with Crippen molar-refractivity contribution < 1.29 is 4.42 Å². The number of hydrogen-bond acceptors (Lipinski definition) is 3. The lowest BCUT2D eigenvalue weighted by Gasteiger charge is -2.28. The third kappa shape index (κ3) is 1.11. The van der Waals surface area contributed by atoms with Crippen molar-refractivity contribution >= 4 is 5.69 Å². The van der Waals surface area contributed by atoms with E-state index in [9.17, 15) is 0 Å². The van der Waals surface area contributed by atoms with E-state index in [-0.39, 0.29) is 0 Å². The van der Waals surface area contributed by atoms with E-state index >= 15 is 0 Å². The molecule has 0 fully saturated rings. The fourth-order valence-electron chi connectivity index (χ4n) is 2.05. The molecule has 0 aromatic carbocycles. The summed E-state index contributed by atoms with van der Waals surface area (Å²) in [6.07, 6.45) is 5.39. The van der Waals surface area contributed by atoms with Crippen molar-refractivity contribution in [2.45, 2.75) is 19.9 Å². The van der Waals surface area contributed by atoms with Crippen LogP contribution in [0.3, 0.4) is 0 Å². The Balaban J connectivity index is 2.18. The Labute approximate surface area is 87.9 Å². The van der Waals surface area contributed by atoms with Crippen LogP contribution < -0.4 is 5.32 Å². The molecule has 2 aromatic heterocycles. The summed E-state index contributed by atoms with van der Waals surface area (Å²) in [5.41, 5.74) is 2.20. The maximum atomic E-state index is 5.43. The third-order valence-electron chi connectivity index (χ3n) is 2.83. The van der Waals surface area contributed by atoms with Crippen LogP contribution in [0, 0.1) is 5.92 Å². The number of furan rings is 1. The van der Waals surface area contributed by atoms with E-state index in [1.165, 1.54) is 0 Å². The van der Waals surface area contributed by atoms with Crippen LogP contribution in [-0.4, -0.2) is 9.55 Å². The van der Waals surface area contributed by atoms with Gasteiger partial charge in [0.1, 0.15) is 6.33 Å². The van der Waals surface area contributed by atoms with Crippen molar-refractivity contribution in [1.82, 2.24) is 9.55 Å². The molecule has 0 spiro atoms. The molecular weight excluding hydrogens is 190 g/mol.